The van der Waals surface area contributed by atoms with Gasteiger partial charge in [0.1, 0.15) is 18.0 Å². The molecule has 4 aliphatic rings. The van der Waals surface area contributed by atoms with Crippen molar-refractivity contribution in [3.8, 4) is 0 Å². The number of halogens is 1. The van der Waals surface area contributed by atoms with E-state index in [9.17, 15) is 9.18 Å². The molecule has 1 aromatic rings. The van der Waals surface area contributed by atoms with E-state index in [0.29, 0.717) is 36.8 Å². The van der Waals surface area contributed by atoms with Crippen LogP contribution in [0.25, 0.3) is 5.57 Å². The summed E-state index contributed by atoms with van der Waals surface area (Å²) in [6, 6.07) is 8.01. The van der Waals surface area contributed by atoms with Gasteiger partial charge in [-0.1, -0.05) is 48.6 Å². The summed E-state index contributed by atoms with van der Waals surface area (Å²) in [6.07, 6.45) is 18.1. The Hall–Kier alpha value is -3.40. The summed E-state index contributed by atoms with van der Waals surface area (Å²) in [7, 11) is 0. The van der Waals surface area contributed by atoms with Crippen molar-refractivity contribution in [2.24, 2.45) is 11.8 Å². The van der Waals surface area contributed by atoms with Gasteiger partial charge in [0, 0.05) is 5.57 Å². The van der Waals surface area contributed by atoms with Gasteiger partial charge in [-0.15, -0.1) is 0 Å². The van der Waals surface area contributed by atoms with E-state index >= 15 is 0 Å². The Labute approximate surface area is 276 Å². The van der Waals surface area contributed by atoms with Gasteiger partial charge >= 0.3 is 5.97 Å². The predicted octanol–water partition coefficient (Wildman–Crippen LogP) is 11.5. The molecule has 0 amide bonds. The van der Waals surface area contributed by atoms with Crippen LogP contribution >= 0.6 is 0 Å². The Morgan fingerprint density at radius 2 is 1.74 bits per heavy atom. The molecule has 1 aromatic carbocycles. The van der Waals surface area contributed by atoms with E-state index in [4.69, 9.17) is 9.47 Å². The average Bonchev–Trinajstić information content (AvgIpc) is 3.19. The van der Waals surface area contributed by atoms with Crippen LogP contribution in [0.2, 0.25) is 0 Å². The lowest BCUT2D eigenvalue weighted by Crippen LogP contribution is -2.27. The molecule has 1 saturated carbocycles. The molecule has 0 spiro atoms. The third kappa shape index (κ3) is 7.93. The van der Waals surface area contributed by atoms with Gasteiger partial charge in [-0.3, -0.25) is 0 Å². The van der Waals surface area contributed by atoms with Crippen molar-refractivity contribution in [2.75, 3.05) is 6.61 Å². The first kappa shape index (κ1) is 33.9. The highest BCUT2D eigenvalue weighted by atomic mass is 19.1. The monoisotopic (exact) mass is 624 g/mol. The molecule has 4 heteroatoms. The first-order valence-electron chi connectivity index (χ1n) is 17.4. The zero-order valence-electron chi connectivity index (χ0n) is 28.9. The molecule has 0 bridgehead atoms. The molecule has 46 heavy (non-hydrogen) atoms. The third-order valence-electron chi connectivity index (χ3n) is 10.6. The fourth-order valence-corrected chi connectivity index (χ4v) is 7.53. The number of carbonyl (C=O) groups excluding carboxylic acids is 1. The van der Waals surface area contributed by atoms with Gasteiger partial charge in [0.25, 0.3) is 0 Å². The van der Waals surface area contributed by atoms with Gasteiger partial charge in [-0.2, -0.15) is 0 Å². The van der Waals surface area contributed by atoms with Gasteiger partial charge < -0.3 is 9.47 Å². The van der Waals surface area contributed by atoms with E-state index in [1.54, 1.807) is 0 Å². The minimum absolute atomic E-state index is 0.157. The number of esters is 1. The van der Waals surface area contributed by atoms with Crippen LogP contribution < -0.4 is 0 Å². The summed E-state index contributed by atoms with van der Waals surface area (Å²) < 4.78 is 26.4. The fraction of sp³-hybridized carbons (Fsp3) is 0.500. The smallest absolute Gasteiger partial charge is 0.338 e. The van der Waals surface area contributed by atoms with Gasteiger partial charge in [-0.25, -0.2) is 9.18 Å². The Kier molecular flexibility index (Phi) is 10.8. The van der Waals surface area contributed by atoms with Crippen LogP contribution in [0.1, 0.15) is 122 Å². The number of allylic oxidation sites excluding steroid dienone is 12. The number of rotatable bonds is 8. The van der Waals surface area contributed by atoms with Crippen molar-refractivity contribution in [1.29, 1.82) is 0 Å². The maximum atomic E-state index is 14.8. The third-order valence-corrected chi connectivity index (χ3v) is 10.6. The molecule has 1 heterocycles. The molecule has 246 valence electrons. The van der Waals surface area contributed by atoms with Crippen molar-refractivity contribution in [1.82, 2.24) is 0 Å². The van der Waals surface area contributed by atoms with E-state index in [1.165, 1.54) is 50.7 Å². The summed E-state index contributed by atoms with van der Waals surface area (Å²) in [5, 5.41) is 0. The van der Waals surface area contributed by atoms with Gasteiger partial charge in [0.2, 0.25) is 0 Å². The lowest BCUT2D eigenvalue weighted by atomic mass is 9.77. The van der Waals surface area contributed by atoms with Crippen molar-refractivity contribution in [3.63, 3.8) is 0 Å². The molecule has 0 N–H and O–H groups in total. The Balaban J connectivity index is 1.50. The molecule has 0 aromatic heterocycles. The minimum Gasteiger partial charge on any atom is -0.493 e. The number of hydrogen-bond acceptors (Lipinski definition) is 3. The summed E-state index contributed by atoms with van der Waals surface area (Å²) in [6.45, 7) is 16.9. The SMILES string of the molecule is C=CC1(F)CCC(CCC2C=C(c3ccc(C(=O)OC(C)C)cc3)C3=C(C=C(C4=C(C)OCC(C)=C4C)C=C(C)CC3)CC2)CC1. The van der Waals surface area contributed by atoms with E-state index < -0.39 is 5.67 Å². The minimum atomic E-state index is -1.18. The number of alkyl halides is 1. The van der Waals surface area contributed by atoms with E-state index in [-0.39, 0.29) is 12.1 Å². The molecule has 3 aliphatic carbocycles. The lowest BCUT2D eigenvalue weighted by molar-refractivity contribution is 0.0378. The summed E-state index contributed by atoms with van der Waals surface area (Å²) in [5.74, 6) is 1.71. The second kappa shape index (κ2) is 14.6. The first-order valence-corrected chi connectivity index (χ1v) is 17.4. The lowest BCUT2D eigenvalue weighted by Gasteiger charge is -2.32. The molecule has 0 radical (unpaired) electrons. The van der Waals surface area contributed by atoms with E-state index in [0.717, 1.165) is 62.7 Å². The fourth-order valence-electron chi connectivity index (χ4n) is 7.53. The summed E-state index contributed by atoms with van der Waals surface area (Å²) in [4.78, 5) is 12.6. The summed E-state index contributed by atoms with van der Waals surface area (Å²) >= 11 is 0. The Morgan fingerprint density at radius 1 is 1.02 bits per heavy atom. The largest absolute Gasteiger partial charge is 0.493 e. The van der Waals surface area contributed by atoms with Gasteiger partial charge in [-0.05, 0) is 169 Å². The van der Waals surface area contributed by atoms with Crippen LogP contribution in [0.3, 0.4) is 0 Å². The number of benzene rings is 1. The standard InChI is InChI=1S/C42H53FO3/c1-8-42(43)21-19-32(20-22-42)10-11-33-12-13-36-25-37(40-30(6)29(5)26-45-31(40)7)23-28(4)9-18-38(36)39(24-33)34-14-16-35(17-15-34)41(44)46-27(2)3/h8,14-17,23-25,27,32-33H,1,9-13,18-22,26H2,2-7H3. The second-order valence-electron chi connectivity index (χ2n) is 14.4. The topological polar surface area (TPSA) is 35.5 Å². The molecular formula is C42H53FO3. The zero-order valence-corrected chi connectivity index (χ0v) is 28.9. The van der Waals surface area contributed by atoms with Gasteiger partial charge in [0.05, 0.1) is 11.7 Å². The molecule has 1 unspecified atom stereocenters. The van der Waals surface area contributed by atoms with Crippen LogP contribution in [0, 0.1) is 11.8 Å². The van der Waals surface area contributed by atoms with Crippen molar-refractivity contribution in [2.45, 2.75) is 118 Å². The molecule has 5 rings (SSSR count). The second-order valence-corrected chi connectivity index (χ2v) is 14.4. The Bertz CT molecular complexity index is 1520. The summed E-state index contributed by atoms with van der Waals surface area (Å²) in [5.41, 5.74) is 11.1. The molecule has 1 atom stereocenters. The highest BCUT2D eigenvalue weighted by Gasteiger charge is 2.33. The van der Waals surface area contributed by atoms with E-state index in [1.807, 2.05) is 26.0 Å². The predicted molar refractivity (Wildman–Crippen MR) is 188 cm³/mol. The molecule has 1 aliphatic heterocycles. The van der Waals surface area contributed by atoms with Crippen LogP contribution in [0.15, 0.2) is 99.9 Å². The maximum Gasteiger partial charge on any atom is 0.338 e. The van der Waals surface area contributed by atoms with Gasteiger partial charge in [0.15, 0.2) is 0 Å². The molecular weight excluding hydrogens is 571 g/mol. The molecule has 3 nitrogen and oxygen atoms in total. The van der Waals surface area contributed by atoms with Crippen molar-refractivity contribution in [3.05, 3.63) is 111 Å². The van der Waals surface area contributed by atoms with Crippen molar-refractivity contribution < 1.29 is 18.7 Å². The van der Waals surface area contributed by atoms with Crippen LogP contribution in [0.5, 0.6) is 0 Å². The van der Waals surface area contributed by atoms with Crippen LogP contribution in [-0.2, 0) is 9.47 Å². The van der Waals surface area contributed by atoms with Crippen LogP contribution in [0.4, 0.5) is 4.39 Å². The van der Waals surface area contributed by atoms with E-state index in [2.05, 4.69) is 64.6 Å². The highest BCUT2D eigenvalue weighted by molar-refractivity contribution is 5.90. The Morgan fingerprint density at radius 3 is 2.41 bits per heavy atom. The average molecular weight is 625 g/mol. The normalized spacial score (nSPS) is 25.9. The number of carbonyl (C=O) groups is 1. The number of ether oxygens (including phenoxy) is 2. The molecule has 1 fully saturated rings. The highest BCUT2D eigenvalue weighted by Crippen LogP contribution is 2.43. The van der Waals surface area contributed by atoms with Crippen molar-refractivity contribution >= 4 is 11.5 Å². The van der Waals surface area contributed by atoms with Crippen LogP contribution in [-0.4, -0.2) is 24.3 Å². The molecule has 0 saturated heterocycles. The zero-order chi connectivity index (χ0) is 33.0. The maximum absolute atomic E-state index is 14.8. The quantitative estimate of drug-likeness (QED) is 0.213. The first-order chi connectivity index (χ1) is 22.0. The number of hydrogen-bond donors (Lipinski definition) is 0.